The van der Waals surface area contributed by atoms with Gasteiger partial charge in [0.05, 0.1) is 17.5 Å². The SMILES string of the molecule is CC(=O)N[C@H]1CCSC[C@@H](C(=O)N[C@@H](Cc2ccc(OCCN)cc2)C(=O)N[C@@H](Cc2c[nH]c3ccccc23)C(=O)N[C@@](C)(CCCCN)C(C)=O)CC1=O. The first-order valence-electron chi connectivity index (χ1n) is 18.8. The van der Waals surface area contributed by atoms with Gasteiger partial charge in [-0.15, -0.1) is 0 Å². The van der Waals surface area contributed by atoms with Gasteiger partial charge in [-0.05, 0) is 81.2 Å². The Kier molecular flexibility index (Phi) is 16.3. The fourth-order valence-electron chi connectivity index (χ4n) is 6.54. The summed E-state index contributed by atoms with van der Waals surface area (Å²) >= 11 is 1.50. The summed E-state index contributed by atoms with van der Waals surface area (Å²) < 4.78 is 5.61. The Bertz CT molecular complexity index is 1800. The van der Waals surface area contributed by atoms with Crippen LogP contribution in [0.4, 0.5) is 0 Å². The molecule has 14 nitrogen and oxygen atoms in total. The van der Waals surface area contributed by atoms with E-state index in [0.717, 1.165) is 16.5 Å². The van der Waals surface area contributed by atoms with Crippen LogP contribution in [0.15, 0.2) is 54.7 Å². The average molecular weight is 778 g/mol. The highest BCUT2D eigenvalue weighted by Crippen LogP contribution is 2.23. The molecule has 0 aliphatic carbocycles. The summed E-state index contributed by atoms with van der Waals surface area (Å²) in [6.45, 7) is 5.56. The van der Waals surface area contributed by atoms with Crippen molar-refractivity contribution >= 4 is 57.9 Å². The molecule has 1 aromatic heterocycles. The molecule has 1 aliphatic heterocycles. The number of aromatic amines is 1. The molecular weight excluding hydrogens is 723 g/mol. The summed E-state index contributed by atoms with van der Waals surface area (Å²) in [4.78, 5) is 83.5. The molecule has 5 atom stereocenters. The average Bonchev–Trinajstić information content (AvgIpc) is 3.56. The van der Waals surface area contributed by atoms with Gasteiger partial charge in [0.2, 0.25) is 23.6 Å². The van der Waals surface area contributed by atoms with Gasteiger partial charge in [-0.2, -0.15) is 11.8 Å². The van der Waals surface area contributed by atoms with E-state index in [1.807, 2.05) is 24.3 Å². The van der Waals surface area contributed by atoms with Crippen LogP contribution in [0.2, 0.25) is 0 Å². The Hall–Kier alpha value is -4.73. The van der Waals surface area contributed by atoms with E-state index in [0.29, 0.717) is 68.2 Å². The lowest BCUT2D eigenvalue weighted by Crippen LogP contribution is -2.60. The Morgan fingerprint density at radius 3 is 2.36 bits per heavy atom. The number of nitrogens with one attached hydrogen (secondary N) is 5. The second-order valence-corrected chi connectivity index (χ2v) is 15.4. The van der Waals surface area contributed by atoms with Crippen LogP contribution in [0.3, 0.4) is 0 Å². The van der Waals surface area contributed by atoms with Crippen LogP contribution in [-0.4, -0.2) is 95.0 Å². The molecule has 4 amide bonds. The second kappa shape index (κ2) is 20.8. The lowest BCUT2D eigenvalue weighted by Gasteiger charge is -2.31. The van der Waals surface area contributed by atoms with Gasteiger partial charge in [0.25, 0.3) is 0 Å². The van der Waals surface area contributed by atoms with Crippen molar-refractivity contribution in [2.45, 2.75) is 89.4 Å². The molecule has 3 aromatic rings. The molecular formula is C40H55N7O7S. The number of nitrogens with two attached hydrogens (primary N) is 2. The standard InChI is InChI=1S/C40H55N7O7S/c1-25(48)40(3,15-6-7-16-41)47-39(53)35(21-28-23-43-32-9-5-4-8-31(28)32)46-38(52)34(20-27-10-12-30(13-11-27)54-18-17-42)45-37(51)29-22-36(50)33(44-26(2)49)14-19-55-24-29/h4-5,8-13,23,29,33-35,43H,6-7,14-22,24,41-42H2,1-3H3,(H,44,49)(H,45,51)(H,46,52)(H,47,53)/t29-,33-,34-,35-,40-/m0/s1. The fraction of sp³-hybridized carbons (Fsp3) is 0.500. The van der Waals surface area contributed by atoms with Gasteiger partial charge in [0.15, 0.2) is 11.6 Å². The van der Waals surface area contributed by atoms with E-state index in [4.69, 9.17) is 16.2 Å². The minimum absolute atomic E-state index is 0.0583. The van der Waals surface area contributed by atoms with Gasteiger partial charge in [-0.1, -0.05) is 30.3 Å². The van der Waals surface area contributed by atoms with Gasteiger partial charge >= 0.3 is 0 Å². The maximum absolute atomic E-state index is 14.4. The molecule has 0 bridgehead atoms. The largest absolute Gasteiger partial charge is 0.492 e. The van der Waals surface area contributed by atoms with Gasteiger partial charge in [-0.3, -0.25) is 28.8 Å². The maximum Gasteiger partial charge on any atom is 0.243 e. The highest BCUT2D eigenvalue weighted by Gasteiger charge is 2.36. The van der Waals surface area contributed by atoms with E-state index in [1.165, 1.54) is 25.6 Å². The summed E-state index contributed by atoms with van der Waals surface area (Å²) in [5.74, 6) is -1.72. The third-order valence-electron chi connectivity index (χ3n) is 9.88. The summed E-state index contributed by atoms with van der Waals surface area (Å²) in [5, 5.41) is 12.3. The normalized spacial score (nSPS) is 18.2. The maximum atomic E-state index is 14.4. The highest BCUT2D eigenvalue weighted by molar-refractivity contribution is 7.99. The molecule has 1 fully saturated rings. The molecule has 0 unspecified atom stereocenters. The zero-order chi connectivity index (χ0) is 40.0. The molecule has 0 spiro atoms. The number of unbranched alkanes of at least 4 members (excludes halogenated alkanes) is 1. The lowest BCUT2D eigenvalue weighted by atomic mass is 9.89. The van der Waals surface area contributed by atoms with Gasteiger partial charge in [0.1, 0.15) is 24.4 Å². The number of thioether (sulfide) groups is 1. The Labute approximate surface area is 326 Å². The van der Waals surface area contributed by atoms with Crippen molar-refractivity contribution in [2.75, 3.05) is 31.2 Å². The number of rotatable bonds is 19. The smallest absolute Gasteiger partial charge is 0.243 e. The minimum atomic E-state index is -1.20. The number of H-pyrrole nitrogens is 1. The number of aromatic nitrogens is 1. The molecule has 9 N–H and O–H groups in total. The number of benzene rings is 2. The highest BCUT2D eigenvalue weighted by atomic mass is 32.2. The van der Waals surface area contributed by atoms with E-state index in [9.17, 15) is 28.8 Å². The lowest BCUT2D eigenvalue weighted by molar-refractivity contribution is -0.135. The van der Waals surface area contributed by atoms with Crippen LogP contribution < -0.4 is 37.5 Å². The van der Waals surface area contributed by atoms with Crippen molar-refractivity contribution in [3.63, 3.8) is 0 Å². The zero-order valence-corrected chi connectivity index (χ0v) is 32.7. The van der Waals surface area contributed by atoms with Crippen LogP contribution in [0.1, 0.15) is 64.0 Å². The van der Waals surface area contributed by atoms with Gasteiger partial charge < -0.3 is 42.5 Å². The molecule has 0 saturated carbocycles. The fourth-order valence-corrected chi connectivity index (χ4v) is 7.66. The molecule has 55 heavy (non-hydrogen) atoms. The third-order valence-corrected chi connectivity index (χ3v) is 11.0. The summed E-state index contributed by atoms with van der Waals surface area (Å²) in [5.41, 5.74) is 12.4. The number of carbonyl (C=O) groups is 6. The van der Waals surface area contributed by atoms with Crippen molar-refractivity contribution in [3.8, 4) is 5.75 Å². The quantitative estimate of drug-likeness (QED) is 0.0877. The van der Waals surface area contributed by atoms with E-state index in [2.05, 4.69) is 26.3 Å². The first kappa shape index (κ1) is 43.0. The third kappa shape index (κ3) is 12.7. The van der Waals surface area contributed by atoms with Gasteiger partial charge in [-0.25, -0.2) is 0 Å². The molecule has 4 rings (SSSR count). The number of carbonyl (C=O) groups excluding carboxylic acids is 6. The van der Waals surface area contributed by atoms with Crippen LogP contribution in [0.5, 0.6) is 5.75 Å². The number of amides is 4. The summed E-state index contributed by atoms with van der Waals surface area (Å²) in [6, 6.07) is 11.7. The molecule has 15 heteroatoms. The number of ketones is 2. The van der Waals surface area contributed by atoms with Crippen molar-refractivity contribution in [3.05, 3.63) is 65.9 Å². The van der Waals surface area contributed by atoms with Gasteiger partial charge in [0, 0.05) is 55.6 Å². The van der Waals surface area contributed by atoms with Crippen LogP contribution in [0, 0.1) is 5.92 Å². The second-order valence-electron chi connectivity index (χ2n) is 14.3. The monoisotopic (exact) mass is 777 g/mol. The van der Waals surface area contributed by atoms with Crippen molar-refractivity contribution in [1.82, 2.24) is 26.3 Å². The van der Waals surface area contributed by atoms with E-state index in [1.54, 1.807) is 37.4 Å². The Morgan fingerprint density at radius 1 is 0.945 bits per heavy atom. The predicted octanol–water partition coefficient (Wildman–Crippen LogP) is 2.07. The van der Waals surface area contributed by atoms with Crippen molar-refractivity contribution < 1.29 is 33.5 Å². The number of hydrogen-bond acceptors (Lipinski definition) is 10. The van der Waals surface area contributed by atoms with E-state index < -0.39 is 47.3 Å². The number of hydrogen-bond donors (Lipinski definition) is 7. The van der Waals surface area contributed by atoms with Crippen molar-refractivity contribution in [2.24, 2.45) is 17.4 Å². The zero-order valence-electron chi connectivity index (χ0n) is 31.9. The molecule has 1 aliphatic rings. The molecule has 1 saturated heterocycles. The van der Waals surface area contributed by atoms with Crippen LogP contribution in [-0.2, 0) is 41.6 Å². The number of ether oxygens (including phenoxy) is 1. The number of para-hydroxylation sites is 1. The predicted molar refractivity (Wildman–Crippen MR) is 213 cm³/mol. The first-order chi connectivity index (χ1) is 26.3. The number of Topliss-reactive ketones (excluding diaryl/α,β-unsaturated/α-hetero) is 2. The van der Waals surface area contributed by atoms with E-state index in [-0.39, 0.29) is 36.7 Å². The van der Waals surface area contributed by atoms with Crippen LogP contribution in [0.25, 0.3) is 10.9 Å². The van der Waals surface area contributed by atoms with Crippen molar-refractivity contribution in [1.29, 1.82) is 0 Å². The van der Waals surface area contributed by atoms with E-state index >= 15 is 0 Å². The first-order valence-corrected chi connectivity index (χ1v) is 20.0. The topological polar surface area (TPSA) is 228 Å². The number of fused-ring (bicyclic) bond motifs is 1. The molecule has 2 heterocycles. The summed E-state index contributed by atoms with van der Waals surface area (Å²) in [6.07, 6.45) is 3.94. The summed E-state index contributed by atoms with van der Waals surface area (Å²) in [7, 11) is 0. The molecule has 298 valence electrons. The van der Waals surface area contributed by atoms with Crippen LogP contribution >= 0.6 is 11.8 Å². The Balaban J connectivity index is 1.63. The molecule has 0 radical (unpaired) electrons. The Morgan fingerprint density at radius 2 is 1.67 bits per heavy atom. The minimum Gasteiger partial charge on any atom is -0.492 e. The molecule has 2 aromatic carbocycles.